The van der Waals surface area contributed by atoms with E-state index in [-0.39, 0.29) is 17.4 Å². The lowest BCUT2D eigenvalue weighted by Gasteiger charge is -2.28. The molecule has 0 saturated carbocycles. The minimum atomic E-state index is -0.430. The molecule has 0 bridgehead atoms. The molecule has 0 fully saturated rings. The van der Waals surface area contributed by atoms with E-state index in [1.54, 1.807) is 13.3 Å². The zero-order valence-corrected chi connectivity index (χ0v) is 13.6. The van der Waals surface area contributed by atoms with Gasteiger partial charge in [0.15, 0.2) is 0 Å². The fraction of sp³-hybridized carbons (Fsp3) is 0.733. The molecule has 0 aromatic carbocycles. The first-order valence-electron chi connectivity index (χ1n) is 6.98. The normalized spacial score (nSPS) is 12.4. The topological polar surface area (TPSA) is 62.6 Å². The molecule has 0 N–H and O–H groups in total. The van der Waals surface area contributed by atoms with Crippen molar-refractivity contribution in [3.05, 3.63) is 18.7 Å². The summed E-state index contributed by atoms with van der Waals surface area (Å²) in [6.07, 6.45) is 4.08. The van der Waals surface area contributed by atoms with Crippen LogP contribution in [0.1, 0.15) is 27.7 Å². The molecule has 6 nitrogen and oxygen atoms in total. The predicted octanol–water partition coefficient (Wildman–Crippen LogP) is 2.58. The van der Waals surface area contributed by atoms with Gasteiger partial charge in [0, 0.05) is 30.3 Å². The average Bonchev–Trinajstić information content (AvgIpc) is 2.89. The molecular weight excluding hydrogens is 272 g/mol. The Balaban J connectivity index is 2.32. The van der Waals surface area contributed by atoms with Crippen LogP contribution in [0.5, 0.6) is 0 Å². The Labute approximate surface area is 126 Å². The smallest absolute Gasteiger partial charge is 0.419 e. The molecule has 0 atom stereocenters. The number of hydrogen-bond acceptors (Lipinski definition) is 5. The molecule has 0 radical (unpaired) electrons. The molecule has 1 heterocycles. The van der Waals surface area contributed by atoms with Gasteiger partial charge in [0.05, 0.1) is 19.8 Å². The van der Waals surface area contributed by atoms with Crippen LogP contribution < -0.4 is 0 Å². The minimum absolute atomic E-state index is 0.0294. The number of carbonyl (C=O) groups excluding carboxylic acids is 1. The fourth-order valence-corrected chi connectivity index (χ4v) is 1.78. The molecule has 0 aliphatic rings. The van der Waals surface area contributed by atoms with Crippen molar-refractivity contribution in [2.24, 2.45) is 10.8 Å². The van der Waals surface area contributed by atoms with Crippen molar-refractivity contribution in [1.29, 1.82) is 0 Å². The first kappa shape index (κ1) is 17.7. The zero-order chi connectivity index (χ0) is 15.9. The van der Waals surface area contributed by atoms with Crippen molar-refractivity contribution in [3.8, 4) is 0 Å². The Morgan fingerprint density at radius 1 is 1.10 bits per heavy atom. The van der Waals surface area contributed by atoms with E-state index in [1.165, 1.54) is 17.1 Å². The van der Waals surface area contributed by atoms with Crippen LogP contribution >= 0.6 is 0 Å². The van der Waals surface area contributed by atoms with Gasteiger partial charge in [-0.2, -0.15) is 0 Å². The fourth-order valence-electron chi connectivity index (χ4n) is 1.78. The standard InChI is InChI=1S/C15H26N2O4/c1-14(2,8-19-5)9-20-10-15(3,4)11-21-13(18)17-7-6-16-12-17/h6-7,12H,8-11H2,1-5H3. The first-order chi connectivity index (χ1) is 9.76. The summed E-state index contributed by atoms with van der Waals surface area (Å²) in [5.41, 5.74) is -0.280. The molecule has 0 spiro atoms. The highest BCUT2D eigenvalue weighted by molar-refractivity contribution is 5.69. The van der Waals surface area contributed by atoms with E-state index in [4.69, 9.17) is 14.2 Å². The summed E-state index contributed by atoms with van der Waals surface area (Å²) in [6.45, 7) is 10.2. The monoisotopic (exact) mass is 298 g/mol. The molecular formula is C15H26N2O4. The largest absolute Gasteiger partial charge is 0.448 e. The van der Waals surface area contributed by atoms with Gasteiger partial charge in [0.2, 0.25) is 0 Å². The second-order valence-corrected chi connectivity index (χ2v) is 6.78. The van der Waals surface area contributed by atoms with Crippen molar-refractivity contribution < 1.29 is 19.0 Å². The van der Waals surface area contributed by atoms with Gasteiger partial charge in [-0.3, -0.25) is 0 Å². The maximum atomic E-state index is 11.7. The van der Waals surface area contributed by atoms with E-state index in [0.717, 1.165) is 0 Å². The van der Waals surface area contributed by atoms with Crippen molar-refractivity contribution in [3.63, 3.8) is 0 Å². The van der Waals surface area contributed by atoms with Crippen molar-refractivity contribution >= 4 is 6.09 Å². The Kier molecular flexibility index (Phi) is 6.36. The molecule has 0 aliphatic carbocycles. The van der Waals surface area contributed by atoms with E-state index in [9.17, 15) is 4.79 Å². The third-order valence-corrected chi connectivity index (χ3v) is 2.82. The van der Waals surface area contributed by atoms with E-state index >= 15 is 0 Å². The lowest BCUT2D eigenvalue weighted by Crippen LogP contribution is -2.32. The summed E-state index contributed by atoms with van der Waals surface area (Å²) in [7, 11) is 1.68. The van der Waals surface area contributed by atoms with E-state index in [0.29, 0.717) is 19.8 Å². The number of methoxy groups -OCH3 is 1. The van der Waals surface area contributed by atoms with Gasteiger partial charge >= 0.3 is 6.09 Å². The molecule has 1 aromatic rings. The van der Waals surface area contributed by atoms with E-state index in [2.05, 4.69) is 18.8 Å². The number of imidazole rings is 1. The minimum Gasteiger partial charge on any atom is -0.448 e. The van der Waals surface area contributed by atoms with Gasteiger partial charge in [-0.25, -0.2) is 14.3 Å². The molecule has 6 heteroatoms. The van der Waals surface area contributed by atoms with Crippen LogP contribution in [-0.4, -0.2) is 49.2 Å². The number of nitrogens with zero attached hydrogens (tertiary/aromatic N) is 2. The predicted molar refractivity (Wildman–Crippen MR) is 79.2 cm³/mol. The van der Waals surface area contributed by atoms with E-state index in [1.807, 2.05) is 13.8 Å². The summed E-state index contributed by atoms with van der Waals surface area (Å²) >= 11 is 0. The molecule has 0 amide bonds. The molecule has 0 unspecified atom stereocenters. The SMILES string of the molecule is COCC(C)(C)COCC(C)(C)COC(=O)n1ccnc1. The summed E-state index contributed by atoms with van der Waals surface area (Å²) in [5, 5.41) is 0. The van der Waals surface area contributed by atoms with Gasteiger partial charge in [-0.1, -0.05) is 27.7 Å². The molecule has 0 saturated heterocycles. The molecule has 120 valence electrons. The van der Waals surface area contributed by atoms with Gasteiger partial charge in [0.25, 0.3) is 0 Å². The van der Waals surface area contributed by atoms with Crippen LogP contribution in [0.2, 0.25) is 0 Å². The third kappa shape index (κ3) is 6.73. The van der Waals surface area contributed by atoms with Crippen molar-refractivity contribution in [2.45, 2.75) is 27.7 Å². The average molecular weight is 298 g/mol. The van der Waals surface area contributed by atoms with Crippen LogP contribution in [0.3, 0.4) is 0 Å². The van der Waals surface area contributed by atoms with Crippen LogP contribution in [0.4, 0.5) is 4.79 Å². The van der Waals surface area contributed by atoms with Gasteiger partial charge < -0.3 is 14.2 Å². The lowest BCUT2D eigenvalue weighted by molar-refractivity contribution is -0.0296. The summed E-state index contributed by atoms with van der Waals surface area (Å²) in [6, 6.07) is 0. The molecule has 1 aromatic heterocycles. The Morgan fingerprint density at radius 2 is 1.71 bits per heavy atom. The first-order valence-corrected chi connectivity index (χ1v) is 6.98. The van der Waals surface area contributed by atoms with Crippen LogP contribution in [0.15, 0.2) is 18.7 Å². The number of carbonyl (C=O) groups is 1. The Hall–Kier alpha value is -1.40. The van der Waals surface area contributed by atoms with Gasteiger partial charge in [-0.15, -0.1) is 0 Å². The number of ether oxygens (including phenoxy) is 3. The van der Waals surface area contributed by atoms with Gasteiger partial charge in [0.1, 0.15) is 12.9 Å². The third-order valence-electron chi connectivity index (χ3n) is 2.82. The summed E-state index contributed by atoms with van der Waals surface area (Å²) in [5.74, 6) is 0. The molecule has 1 rings (SSSR count). The van der Waals surface area contributed by atoms with Crippen molar-refractivity contribution in [2.75, 3.05) is 33.5 Å². The Morgan fingerprint density at radius 3 is 2.24 bits per heavy atom. The Bertz CT molecular complexity index is 427. The number of rotatable bonds is 8. The zero-order valence-electron chi connectivity index (χ0n) is 13.6. The van der Waals surface area contributed by atoms with Crippen LogP contribution in [0, 0.1) is 10.8 Å². The quantitative estimate of drug-likeness (QED) is 0.738. The summed E-state index contributed by atoms with van der Waals surface area (Å²) < 4.78 is 17.5. The highest BCUT2D eigenvalue weighted by Gasteiger charge is 2.24. The lowest BCUT2D eigenvalue weighted by atomic mass is 9.94. The molecule has 0 aliphatic heterocycles. The van der Waals surface area contributed by atoms with Crippen molar-refractivity contribution in [1.82, 2.24) is 9.55 Å². The van der Waals surface area contributed by atoms with Crippen LogP contribution in [0.25, 0.3) is 0 Å². The second-order valence-electron chi connectivity index (χ2n) is 6.78. The van der Waals surface area contributed by atoms with Crippen LogP contribution in [-0.2, 0) is 14.2 Å². The highest BCUT2D eigenvalue weighted by Crippen LogP contribution is 2.20. The second kappa shape index (κ2) is 7.56. The molecule has 21 heavy (non-hydrogen) atoms. The van der Waals surface area contributed by atoms with Gasteiger partial charge in [-0.05, 0) is 0 Å². The van der Waals surface area contributed by atoms with E-state index < -0.39 is 6.09 Å². The highest BCUT2D eigenvalue weighted by atomic mass is 16.6. The summed E-state index contributed by atoms with van der Waals surface area (Å²) in [4.78, 5) is 15.5. The number of hydrogen-bond donors (Lipinski definition) is 0. The maximum absolute atomic E-state index is 11.7. The number of aromatic nitrogens is 2. The maximum Gasteiger partial charge on any atom is 0.419 e.